The van der Waals surface area contributed by atoms with Gasteiger partial charge in [0.15, 0.2) is 0 Å². The van der Waals surface area contributed by atoms with Gasteiger partial charge in [-0.2, -0.15) is 5.21 Å². The molecule has 0 bridgehead atoms. The number of hydrogen-bond acceptors (Lipinski definition) is 5. The van der Waals surface area contributed by atoms with Crippen molar-refractivity contribution in [3.05, 3.63) is 76.5 Å². The molecule has 4 aromatic rings. The Hall–Kier alpha value is -3.81. The number of hydrogen-bond donors (Lipinski definition) is 1. The van der Waals surface area contributed by atoms with Crippen LogP contribution in [0.5, 0.6) is 0 Å². The molecule has 0 unspecified atom stereocenters. The zero-order valence-electron chi connectivity index (χ0n) is 19.2. The maximum absolute atomic E-state index is 13.0. The molecule has 8 heteroatoms. The lowest BCUT2D eigenvalue weighted by atomic mass is 9.98. The minimum atomic E-state index is -0.268. The molecule has 0 aliphatic rings. The molecule has 0 fully saturated rings. The van der Waals surface area contributed by atoms with E-state index in [0.717, 1.165) is 34.4 Å². The summed E-state index contributed by atoms with van der Waals surface area (Å²) >= 11 is 0. The average molecular weight is 445 g/mol. The van der Waals surface area contributed by atoms with Crippen LogP contribution in [-0.4, -0.2) is 35.7 Å². The van der Waals surface area contributed by atoms with Gasteiger partial charge < -0.3 is 0 Å². The van der Waals surface area contributed by atoms with Crippen molar-refractivity contribution < 1.29 is 4.79 Å². The Kier molecular flexibility index (Phi) is 6.63. The highest BCUT2D eigenvalue weighted by Gasteiger charge is 2.17. The number of tetrazole rings is 1. The molecule has 2 aromatic heterocycles. The van der Waals surface area contributed by atoms with Gasteiger partial charge in [0.25, 0.3) is 0 Å². The molecule has 0 spiro atoms. The topological polar surface area (TPSA) is 98.5 Å². The fourth-order valence-corrected chi connectivity index (χ4v) is 3.97. The molecule has 0 aliphatic heterocycles. The second-order valence-corrected chi connectivity index (χ2v) is 8.58. The van der Waals surface area contributed by atoms with Gasteiger partial charge in [-0.1, -0.05) is 69.3 Å². The van der Waals surface area contributed by atoms with Crippen LogP contribution in [0.4, 0.5) is 0 Å². The highest BCUT2D eigenvalue weighted by molar-refractivity contribution is 5.80. The Morgan fingerprint density at radius 2 is 1.79 bits per heavy atom. The fraction of sp³-hybridized carbons (Fsp3) is 0.320. The van der Waals surface area contributed by atoms with E-state index >= 15 is 0 Å². The van der Waals surface area contributed by atoms with Crippen LogP contribution in [0, 0.1) is 5.92 Å². The lowest BCUT2D eigenvalue weighted by Gasteiger charge is -2.11. The fourth-order valence-electron chi connectivity index (χ4n) is 3.97. The monoisotopic (exact) mass is 444 g/mol. The number of aromatic amines is 1. The Bertz CT molecular complexity index is 1280. The quantitative estimate of drug-likeness (QED) is 0.439. The van der Waals surface area contributed by atoms with Gasteiger partial charge >= 0.3 is 5.69 Å². The zero-order valence-corrected chi connectivity index (χ0v) is 19.2. The molecule has 0 radical (unpaired) electrons. The summed E-state index contributed by atoms with van der Waals surface area (Å²) in [5.74, 6) is 0.758. The van der Waals surface area contributed by atoms with E-state index in [1.165, 1.54) is 4.57 Å². The first-order chi connectivity index (χ1) is 16.0. The van der Waals surface area contributed by atoms with Gasteiger partial charge in [0.2, 0.25) is 11.7 Å². The number of H-pyrrole nitrogens is 1. The lowest BCUT2D eigenvalue weighted by molar-refractivity contribution is 0.0897. The van der Waals surface area contributed by atoms with Crippen molar-refractivity contribution >= 4 is 5.91 Å². The summed E-state index contributed by atoms with van der Waals surface area (Å²) in [6.45, 7) is 6.57. The van der Waals surface area contributed by atoms with Crippen molar-refractivity contribution in [3.8, 4) is 22.5 Å². The molecule has 2 aromatic carbocycles. The lowest BCUT2D eigenvalue weighted by Crippen LogP contribution is -2.29. The van der Waals surface area contributed by atoms with E-state index in [1.54, 1.807) is 10.8 Å². The highest BCUT2D eigenvalue weighted by atomic mass is 16.2. The molecule has 0 amide bonds. The van der Waals surface area contributed by atoms with E-state index in [2.05, 4.69) is 34.5 Å². The van der Waals surface area contributed by atoms with Crippen LogP contribution in [0.15, 0.2) is 59.5 Å². The number of nitrogens with zero attached hydrogens (tertiary/aromatic N) is 5. The highest BCUT2D eigenvalue weighted by Crippen LogP contribution is 2.29. The van der Waals surface area contributed by atoms with Crippen molar-refractivity contribution in [1.29, 1.82) is 0 Å². The molecular formula is C25H28N6O2. The Labute approximate surface area is 192 Å². The van der Waals surface area contributed by atoms with Gasteiger partial charge in [-0.15, -0.1) is 10.2 Å². The largest absolute Gasteiger partial charge is 0.335 e. The van der Waals surface area contributed by atoms with E-state index in [-0.39, 0.29) is 11.6 Å². The SMILES string of the molecule is CCCC(=O)n1cc(CC(C)C)n(Cc2ccc(-c3ccccc3-c3nn[nH]n3)cc2)c1=O. The summed E-state index contributed by atoms with van der Waals surface area (Å²) in [6.07, 6.45) is 3.52. The van der Waals surface area contributed by atoms with Crippen LogP contribution < -0.4 is 5.69 Å². The maximum atomic E-state index is 13.0. The van der Waals surface area contributed by atoms with Gasteiger partial charge in [-0.05, 0) is 40.7 Å². The molecule has 0 aliphatic carbocycles. The summed E-state index contributed by atoms with van der Waals surface area (Å²) < 4.78 is 2.99. The van der Waals surface area contributed by atoms with Gasteiger partial charge in [0, 0.05) is 23.9 Å². The predicted octanol–water partition coefficient (Wildman–Crippen LogP) is 4.18. The number of aromatic nitrogens is 6. The number of imidazole rings is 1. The molecule has 170 valence electrons. The molecule has 4 rings (SSSR count). The third-order valence-corrected chi connectivity index (χ3v) is 5.53. The number of nitrogens with one attached hydrogen (secondary N) is 1. The number of carbonyl (C=O) groups is 1. The van der Waals surface area contributed by atoms with E-state index < -0.39 is 0 Å². The molecule has 2 heterocycles. The first-order valence-electron chi connectivity index (χ1n) is 11.2. The second-order valence-electron chi connectivity index (χ2n) is 8.58. The van der Waals surface area contributed by atoms with Crippen molar-refractivity contribution in [2.45, 2.75) is 46.6 Å². The Balaban J connectivity index is 1.64. The Morgan fingerprint density at radius 3 is 2.42 bits per heavy atom. The molecule has 0 saturated heterocycles. The minimum Gasteiger partial charge on any atom is -0.292 e. The average Bonchev–Trinajstić information content (AvgIpc) is 3.44. The standard InChI is InChI=1S/C25H28N6O2/c1-4-7-23(32)31-16-20(14-17(2)3)30(25(31)33)15-18-10-12-19(13-11-18)21-8-5-6-9-22(21)24-26-28-29-27-24/h5-6,8-13,16-17H,4,7,14-15H2,1-3H3,(H,26,27,28,29). The molecule has 8 nitrogen and oxygen atoms in total. The zero-order chi connectivity index (χ0) is 23.4. The maximum Gasteiger partial charge on any atom is 0.335 e. The number of rotatable bonds is 8. The smallest absolute Gasteiger partial charge is 0.292 e. The number of carbonyl (C=O) groups excluding carboxylic acids is 1. The normalized spacial score (nSPS) is 11.3. The summed E-state index contributed by atoms with van der Waals surface area (Å²) in [5, 5.41) is 14.4. The molecule has 33 heavy (non-hydrogen) atoms. The van der Waals surface area contributed by atoms with Crippen LogP contribution in [0.2, 0.25) is 0 Å². The van der Waals surface area contributed by atoms with E-state index in [9.17, 15) is 9.59 Å². The van der Waals surface area contributed by atoms with Gasteiger partial charge in [0.1, 0.15) is 0 Å². The predicted molar refractivity (Wildman–Crippen MR) is 127 cm³/mol. The summed E-state index contributed by atoms with van der Waals surface area (Å²) in [5.41, 5.74) is 4.51. The van der Waals surface area contributed by atoms with Crippen LogP contribution in [-0.2, 0) is 13.0 Å². The van der Waals surface area contributed by atoms with Crippen LogP contribution >= 0.6 is 0 Å². The van der Waals surface area contributed by atoms with Gasteiger partial charge in [0.05, 0.1) is 6.54 Å². The van der Waals surface area contributed by atoms with Gasteiger partial charge in [-0.25, -0.2) is 9.36 Å². The van der Waals surface area contributed by atoms with E-state index in [0.29, 0.717) is 31.1 Å². The van der Waals surface area contributed by atoms with Crippen molar-refractivity contribution in [2.24, 2.45) is 5.92 Å². The third-order valence-electron chi connectivity index (χ3n) is 5.53. The summed E-state index contributed by atoms with van der Waals surface area (Å²) in [6, 6.07) is 16.0. The van der Waals surface area contributed by atoms with Crippen LogP contribution in [0.25, 0.3) is 22.5 Å². The number of benzene rings is 2. The second kappa shape index (κ2) is 9.77. The molecule has 0 atom stereocenters. The van der Waals surface area contributed by atoms with Crippen LogP contribution in [0.3, 0.4) is 0 Å². The minimum absolute atomic E-state index is 0.153. The first-order valence-corrected chi connectivity index (χ1v) is 11.2. The Morgan fingerprint density at radius 1 is 1.06 bits per heavy atom. The van der Waals surface area contributed by atoms with Gasteiger partial charge in [-0.3, -0.25) is 9.36 Å². The third kappa shape index (κ3) is 4.84. The van der Waals surface area contributed by atoms with Crippen LogP contribution in [0.1, 0.15) is 49.7 Å². The van der Waals surface area contributed by atoms with Crippen molar-refractivity contribution in [3.63, 3.8) is 0 Å². The van der Waals surface area contributed by atoms with E-state index in [4.69, 9.17) is 0 Å². The first kappa shape index (κ1) is 22.4. The van der Waals surface area contributed by atoms with Crippen molar-refractivity contribution in [2.75, 3.05) is 0 Å². The molecular weight excluding hydrogens is 416 g/mol. The molecule has 0 saturated carbocycles. The summed E-state index contributed by atoms with van der Waals surface area (Å²) in [7, 11) is 0. The van der Waals surface area contributed by atoms with E-state index in [1.807, 2.05) is 55.5 Å². The molecule has 1 N–H and O–H groups in total. The van der Waals surface area contributed by atoms with Crippen molar-refractivity contribution in [1.82, 2.24) is 29.8 Å². The summed E-state index contributed by atoms with van der Waals surface area (Å²) in [4.78, 5) is 25.5.